The second-order valence-electron chi connectivity index (χ2n) is 6.76. The Balaban J connectivity index is 1.97. The number of methoxy groups -OCH3 is 1. The Morgan fingerprint density at radius 1 is 1.00 bits per heavy atom. The van der Waals surface area contributed by atoms with Crippen LogP contribution in [-0.4, -0.2) is 19.0 Å². The van der Waals surface area contributed by atoms with Crippen molar-refractivity contribution in [2.75, 3.05) is 12.4 Å². The molecule has 2 aromatic carbocycles. The van der Waals surface area contributed by atoms with Crippen LogP contribution in [-0.2, 0) is 9.53 Å². The van der Waals surface area contributed by atoms with Crippen molar-refractivity contribution in [3.05, 3.63) is 81.7 Å². The van der Waals surface area contributed by atoms with Gasteiger partial charge in [-0.2, -0.15) is 0 Å². The Morgan fingerprint density at radius 3 is 2.38 bits per heavy atom. The van der Waals surface area contributed by atoms with Gasteiger partial charge in [-0.05, 0) is 49.1 Å². The predicted octanol–water partition coefficient (Wildman–Crippen LogP) is 5.78. The van der Waals surface area contributed by atoms with E-state index in [-0.39, 0.29) is 5.91 Å². The van der Waals surface area contributed by atoms with E-state index in [0.717, 1.165) is 27.1 Å². The van der Waals surface area contributed by atoms with E-state index in [4.69, 9.17) is 4.74 Å². The predicted molar refractivity (Wildman–Crippen MR) is 119 cm³/mol. The standard InChI is InChI=1S/C24H23NO3S/c1-15-10-12-19(14-16(15)2)21-17(3)29-23(22(21)24(27)28-4)25-20(26)13-11-18-8-6-5-7-9-18/h5-14H,1-4H3,(H,25,26)/b13-11+. The van der Waals surface area contributed by atoms with Gasteiger partial charge < -0.3 is 10.1 Å². The minimum absolute atomic E-state index is 0.299. The number of carbonyl (C=O) groups excluding carboxylic acids is 2. The van der Waals surface area contributed by atoms with Crippen molar-refractivity contribution in [2.45, 2.75) is 20.8 Å². The lowest BCUT2D eigenvalue weighted by atomic mass is 9.97. The monoisotopic (exact) mass is 405 g/mol. The molecule has 0 atom stereocenters. The van der Waals surface area contributed by atoms with Crippen molar-refractivity contribution in [3.63, 3.8) is 0 Å². The first-order valence-corrected chi connectivity index (χ1v) is 10.1. The molecule has 1 N–H and O–H groups in total. The summed E-state index contributed by atoms with van der Waals surface area (Å²) in [6.07, 6.45) is 3.19. The summed E-state index contributed by atoms with van der Waals surface area (Å²) in [6, 6.07) is 15.6. The van der Waals surface area contributed by atoms with E-state index < -0.39 is 5.97 Å². The molecule has 0 fully saturated rings. The van der Waals surface area contributed by atoms with Gasteiger partial charge in [-0.3, -0.25) is 4.79 Å². The van der Waals surface area contributed by atoms with Gasteiger partial charge in [0.05, 0.1) is 7.11 Å². The molecule has 0 aliphatic carbocycles. The van der Waals surface area contributed by atoms with Crippen molar-refractivity contribution in [1.29, 1.82) is 0 Å². The summed E-state index contributed by atoms with van der Waals surface area (Å²) in [5, 5.41) is 3.34. The number of carbonyl (C=O) groups is 2. The molecule has 1 heterocycles. The van der Waals surface area contributed by atoms with Gasteiger partial charge in [0.2, 0.25) is 5.91 Å². The Morgan fingerprint density at radius 2 is 1.72 bits per heavy atom. The molecule has 0 spiro atoms. The third-order valence-corrected chi connectivity index (χ3v) is 5.75. The molecule has 0 saturated carbocycles. The molecule has 29 heavy (non-hydrogen) atoms. The molecule has 148 valence electrons. The van der Waals surface area contributed by atoms with Crippen molar-refractivity contribution < 1.29 is 14.3 Å². The topological polar surface area (TPSA) is 55.4 Å². The zero-order valence-corrected chi connectivity index (χ0v) is 17.7. The first kappa shape index (κ1) is 20.6. The molecule has 3 rings (SSSR count). The van der Waals surface area contributed by atoms with Crippen LogP contribution in [0.2, 0.25) is 0 Å². The van der Waals surface area contributed by atoms with E-state index in [1.54, 1.807) is 6.08 Å². The van der Waals surface area contributed by atoms with Crippen LogP contribution in [0.15, 0.2) is 54.6 Å². The summed E-state index contributed by atoms with van der Waals surface area (Å²) in [5.41, 5.74) is 5.37. The average Bonchev–Trinajstić information content (AvgIpc) is 3.04. The zero-order valence-electron chi connectivity index (χ0n) is 16.9. The second kappa shape index (κ2) is 8.88. The SMILES string of the molecule is COC(=O)c1c(NC(=O)/C=C/c2ccccc2)sc(C)c1-c1ccc(C)c(C)c1. The molecule has 3 aromatic rings. The van der Waals surface area contributed by atoms with E-state index in [9.17, 15) is 9.59 Å². The molecule has 0 saturated heterocycles. The number of thiophene rings is 1. The summed E-state index contributed by atoms with van der Waals surface area (Å²) in [5.74, 6) is -0.767. The molecule has 1 aromatic heterocycles. The van der Waals surface area contributed by atoms with Crippen molar-refractivity contribution in [3.8, 4) is 11.1 Å². The fourth-order valence-corrected chi connectivity index (χ4v) is 4.13. The maximum atomic E-state index is 12.6. The summed E-state index contributed by atoms with van der Waals surface area (Å²) < 4.78 is 5.02. The lowest BCUT2D eigenvalue weighted by molar-refractivity contribution is -0.111. The fraction of sp³-hybridized carbons (Fsp3) is 0.167. The summed E-state index contributed by atoms with van der Waals surface area (Å²) in [7, 11) is 1.35. The van der Waals surface area contributed by atoms with Crippen LogP contribution in [0, 0.1) is 20.8 Å². The highest BCUT2D eigenvalue weighted by Gasteiger charge is 2.25. The molecule has 0 aliphatic heterocycles. The minimum atomic E-state index is -0.468. The van der Waals surface area contributed by atoms with E-state index in [1.807, 2.05) is 63.2 Å². The van der Waals surface area contributed by atoms with Gasteiger partial charge >= 0.3 is 5.97 Å². The number of esters is 1. The third kappa shape index (κ3) is 4.63. The molecule has 5 heteroatoms. The maximum absolute atomic E-state index is 12.6. The van der Waals surface area contributed by atoms with Crippen LogP contribution in [0.5, 0.6) is 0 Å². The summed E-state index contributed by atoms with van der Waals surface area (Å²) >= 11 is 1.37. The average molecular weight is 406 g/mol. The Bertz CT molecular complexity index is 1080. The van der Waals surface area contributed by atoms with Crippen LogP contribution >= 0.6 is 11.3 Å². The Kier molecular flexibility index (Phi) is 6.29. The molecule has 0 unspecified atom stereocenters. The summed E-state index contributed by atoms with van der Waals surface area (Å²) in [6.45, 7) is 6.03. The van der Waals surface area contributed by atoms with Crippen LogP contribution in [0.1, 0.15) is 31.9 Å². The van der Waals surface area contributed by atoms with Crippen LogP contribution < -0.4 is 5.32 Å². The number of hydrogen-bond acceptors (Lipinski definition) is 4. The number of aryl methyl sites for hydroxylation is 3. The van der Waals surface area contributed by atoms with Gasteiger partial charge in [-0.15, -0.1) is 11.3 Å². The first-order valence-electron chi connectivity index (χ1n) is 9.24. The number of anilines is 1. The van der Waals surface area contributed by atoms with Gasteiger partial charge in [0.1, 0.15) is 10.6 Å². The van der Waals surface area contributed by atoms with Gasteiger partial charge in [-0.25, -0.2) is 4.79 Å². The lowest BCUT2D eigenvalue weighted by Crippen LogP contribution is -2.11. The highest BCUT2D eigenvalue weighted by atomic mass is 32.1. The molecule has 0 bridgehead atoms. The van der Waals surface area contributed by atoms with Crippen LogP contribution in [0.3, 0.4) is 0 Å². The minimum Gasteiger partial charge on any atom is -0.465 e. The van der Waals surface area contributed by atoms with E-state index in [2.05, 4.69) is 11.4 Å². The second-order valence-corrected chi connectivity index (χ2v) is 7.99. The first-order chi connectivity index (χ1) is 13.9. The highest BCUT2D eigenvalue weighted by Crippen LogP contribution is 2.40. The normalized spacial score (nSPS) is 10.9. The smallest absolute Gasteiger partial charge is 0.341 e. The molecule has 0 radical (unpaired) electrons. The van der Waals surface area contributed by atoms with Gasteiger partial charge in [0.15, 0.2) is 0 Å². The van der Waals surface area contributed by atoms with Crippen molar-refractivity contribution >= 4 is 34.3 Å². The lowest BCUT2D eigenvalue weighted by Gasteiger charge is -2.09. The highest BCUT2D eigenvalue weighted by molar-refractivity contribution is 7.17. The number of nitrogens with one attached hydrogen (secondary N) is 1. The van der Waals surface area contributed by atoms with Crippen molar-refractivity contribution in [2.24, 2.45) is 0 Å². The van der Waals surface area contributed by atoms with Crippen molar-refractivity contribution in [1.82, 2.24) is 0 Å². The van der Waals surface area contributed by atoms with Crippen LogP contribution in [0.4, 0.5) is 5.00 Å². The molecular weight excluding hydrogens is 382 g/mol. The van der Waals surface area contributed by atoms with E-state index >= 15 is 0 Å². The quantitative estimate of drug-likeness (QED) is 0.432. The summed E-state index contributed by atoms with van der Waals surface area (Å²) in [4.78, 5) is 26.0. The number of hydrogen-bond donors (Lipinski definition) is 1. The largest absolute Gasteiger partial charge is 0.465 e. The number of rotatable bonds is 5. The fourth-order valence-electron chi connectivity index (χ4n) is 3.06. The molecular formula is C24H23NO3S. The molecule has 4 nitrogen and oxygen atoms in total. The van der Waals surface area contributed by atoms with Crippen LogP contribution in [0.25, 0.3) is 17.2 Å². The van der Waals surface area contributed by atoms with Gasteiger partial charge in [0, 0.05) is 16.5 Å². The van der Waals surface area contributed by atoms with E-state index in [1.165, 1.54) is 30.1 Å². The van der Waals surface area contributed by atoms with Gasteiger partial charge in [0.25, 0.3) is 0 Å². The maximum Gasteiger partial charge on any atom is 0.341 e. The van der Waals surface area contributed by atoms with Gasteiger partial charge in [-0.1, -0.05) is 48.5 Å². The molecule has 1 amide bonds. The number of ether oxygens (including phenoxy) is 1. The molecule has 0 aliphatic rings. The number of amides is 1. The Hall–Kier alpha value is -3.18. The van der Waals surface area contributed by atoms with E-state index in [0.29, 0.717) is 10.6 Å². The third-order valence-electron chi connectivity index (χ3n) is 4.73. The zero-order chi connectivity index (χ0) is 21.0. The number of benzene rings is 2. The Labute approximate surface area is 174 Å².